The van der Waals surface area contributed by atoms with Gasteiger partial charge in [-0.25, -0.2) is 0 Å². The van der Waals surface area contributed by atoms with Crippen molar-refractivity contribution in [1.82, 2.24) is 14.3 Å². The van der Waals surface area contributed by atoms with E-state index in [-0.39, 0.29) is 0 Å². The van der Waals surface area contributed by atoms with Crippen LogP contribution < -0.4 is 0 Å². The molecule has 86 valence electrons. The van der Waals surface area contributed by atoms with Crippen LogP contribution in [0.25, 0.3) is 0 Å². The van der Waals surface area contributed by atoms with Gasteiger partial charge in [-0.1, -0.05) is 0 Å². The minimum Gasteiger partial charge on any atom is -0.351 e. The van der Waals surface area contributed by atoms with Crippen molar-refractivity contribution in [3.63, 3.8) is 0 Å². The third-order valence-electron chi connectivity index (χ3n) is 3.45. The fourth-order valence-corrected chi connectivity index (χ4v) is 2.04. The Bertz CT molecular complexity index is 491. The van der Waals surface area contributed by atoms with Gasteiger partial charge in [0.05, 0.1) is 0 Å². The molecule has 0 atom stereocenters. The Balaban J connectivity index is 2.11. The molecule has 2 aromatic heterocycles. The zero-order valence-corrected chi connectivity index (χ0v) is 10.5. The van der Waals surface area contributed by atoms with Crippen LogP contribution in [0.2, 0.25) is 0 Å². The van der Waals surface area contributed by atoms with Crippen LogP contribution in [-0.4, -0.2) is 14.3 Å². The van der Waals surface area contributed by atoms with E-state index in [2.05, 4.69) is 42.7 Å². The summed E-state index contributed by atoms with van der Waals surface area (Å²) in [6.45, 7) is 7.57. The highest BCUT2D eigenvalue weighted by atomic mass is 15.3. The quantitative estimate of drug-likeness (QED) is 0.774. The molecular weight excluding hydrogens is 198 g/mol. The SMILES string of the molecule is Cc1cn(CCc2ccnn2C)c(C)c1C. The molecule has 3 heteroatoms. The van der Waals surface area contributed by atoms with Gasteiger partial charge in [-0.05, 0) is 38.0 Å². The first-order valence-corrected chi connectivity index (χ1v) is 5.69. The summed E-state index contributed by atoms with van der Waals surface area (Å²) in [4.78, 5) is 0. The molecule has 0 aliphatic carbocycles. The molecule has 0 unspecified atom stereocenters. The predicted molar refractivity (Wildman–Crippen MR) is 65.6 cm³/mol. The summed E-state index contributed by atoms with van der Waals surface area (Å²) in [5, 5.41) is 4.18. The molecule has 0 saturated heterocycles. The van der Waals surface area contributed by atoms with Crippen LogP contribution in [0.15, 0.2) is 18.5 Å². The third-order valence-corrected chi connectivity index (χ3v) is 3.45. The maximum absolute atomic E-state index is 4.18. The number of nitrogens with zero attached hydrogens (tertiary/aromatic N) is 3. The van der Waals surface area contributed by atoms with Crippen molar-refractivity contribution in [3.8, 4) is 0 Å². The predicted octanol–water partition coefficient (Wildman–Crippen LogP) is 2.39. The first-order chi connectivity index (χ1) is 7.59. The molecule has 0 N–H and O–H groups in total. The molecule has 0 saturated carbocycles. The van der Waals surface area contributed by atoms with Gasteiger partial charge in [0.2, 0.25) is 0 Å². The minimum atomic E-state index is 1.03. The normalized spacial score (nSPS) is 11.0. The van der Waals surface area contributed by atoms with Crippen molar-refractivity contribution >= 4 is 0 Å². The lowest BCUT2D eigenvalue weighted by Gasteiger charge is -2.06. The number of hydrogen-bond donors (Lipinski definition) is 0. The Kier molecular flexibility index (Phi) is 2.86. The molecule has 16 heavy (non-hydrogen) atoms. The zero-order chi connectivity index (χ0) is 11.7. The average molecular weight is 217 g/mol. The smallest absolute Gasteiger partial charge is 0.0492 e. The molecule has 0 bridgehead atoms. The average Bonchev–Trinajstić information content (AvgIpc) is 2.76. The lowest BCUT2D eigenvalue weighted by atomic mass is 10.2. The van der Waals surface area contributed by atoms with E-state index in [1.165, 1.54) is 22.5 Å². The molecule has 0 radical (unpaired) electrons. The fraction of sp³-hybridized carbons (Fsp3) is 0.462. The molecule has 2 aromatic rings. The minimum absolute atomic E-state index is 1.03. The Morgan fingerprint density at radius 3 is 2.50 bits per heavy atom. The van der Waals surface area contributed by atoms with E-state index in [9.17, 15) is 0 Å². The largest absolute Gasteiger partial charge is 0.351 e. The van der Waals surface area contributed by atoms with E-state index >= 15 is 0 Å². The van der Waals surface area contributed by atoms with Gasteiger partial charge in [-0.3, -0.25) is 4.68 Å². The van der Waals surface area contributed by atoms with Crippen LogP contribution in [0.1, 0.15) is 22.5 Å². The van der Waals surface area contributed by atoms with Crippen molar-refractivity contribution in [3.05, 3.63) is 41.0 Å². The molecule has 0 spiro atoms. The van der Waals surface area contributed by atoms with Crippen LogP contribution in [0.5, 0.6) is 0 Å². The Morgan fingerprint density at radius 1 is 1.25 bits per heavy atom. The maximum Gasteiger partial charge on any atom is 0.0492 e. The van der Waals surface area contributed by atoms with Crippen LogP contribution >= 0.6 is 0 Å². The van der Waals surface area contributed by atoms with Gasteiger partial charge in [0.15, 0.2) is 0 Å². The number of rotatable bonds is 3. The molecule has 3 nitrogen and oxygen atoms in total. The van der Waals surface area contributed by atoms with Crippen LogP contribution in [0.3, 0.4) is 0 Å². The van der Waals surface area contributed by atoms with Crippen molar-refractivity contribution in [2.45, 2.75) is 33.7 Å². The van der Waals surface area contributed by atoms with Gasteiger partial charge in [0, 0.05) is 43.8 Å². The van der Waals surface area contributed by atoms with Gasteiger partial charge in [-0.2, -0.15) is 5.10 Å². The molecular formula is C13H19N3. The lowest BCUT2D eigenvalue weighted by Crippen LogP contribution is -2.06. The molecule has 0 aliphatic rings. The molecule has 2 heterocycles. The fourth-order valence-electron chi connectivity index (χ4n) is 2.04. The van der Waals surface area contributed by atoms with E-state index in [0.29, 0.717) is 0 Å². The second-order valence-electron chi connectivity index (χ2n) is 4.41. The highest BCUT2D eigenvalue weighted by Gasteiger charge is 2.06. The molecule has 2 rings (SSSR count). The summed E-state index contributed by atoms with van der Waals surface area (Å²) >= 11 is 0. The van der Waals surface area contributed by atoms with Gasteiger partial charge in [-0.15, -0.1) is 0 Å². The maximum atomic E-state index is 4.18. The van der Waals surface area contributed by atoms with Crippen molar-refractivity contribution < 1.29 is 0 Å². The summed E-state index contributed by atoms with van der Waals surface area (Å²) in [5.74, 6) is 0. The Labute approximate surface area is 96.7 Å². The Morgan fingerprint density at radius 2 is 2.00 bits per heavy atom. The monoisotopic (exact) mass is 217 g/mol. The highest BCUT2D eigenvalue weighted by Crippen LogP contribution is 2.15. The van der Waals surface area contributed by atoms with Crippen molar-refractivity contribution in [2.24, 2.45) is 7.05 Å². The van der Waals surface area contributed by atoms with E-state index in [1.807, 2.05) is 17.9 Å². The van der Waals surface area contributed by atoms with Crippen LogP contribution in [0.4, 0.5) is 0 Å². The van der Waals surface area contributed by atoms with Gasteiger partial charge < -0.3 is 4.57 Å². The second-order valence-corrected chi connectivity index (χ2v) is 4.41. The topological polar surface area (TPSA) is 22.8 Å². The van der Waals surface area contributed by atoms with E-state index in [1.54, 1.807) is 0 Å². The van der Waals surface area contributed by atoms with Crippen molar-refractivity contribution in [2.75, 3.05) is 0 Å². The summed E-state index contributed by atoms with van der Waals surface area (Å²) in [5.41, 5.74) is 5.44. The van der Waals surface area contributed by atoms with Crippen LogP contribution in [0, 0.1) is 20.8 Å². The van der Waals surface area contributed by atoms with E-state index in [0.717, 1.165) is 13.0 Å². The van der Waals surface area contributed by atoms with Gasteiger partial charge >= 0.3 is 0 Å². The van der Waals surface area contributed by atoms with Crippen molar-refractivity contribution in [1.29, 1.82) is 0 Å². The first-order valence-electron chi connectivity index (χ1n) is 5.69. The molecule has 0 aromatic carbocycles. The standard InChI is InChI=1S/C13H19N3/c1-10-9-16(12(3)11(10)2)8-6-13-5-7-14-15(13)4/h5,7,9H,6,8H2,1-4H3. The summed E-state index contributed by atoms with van der Waals surface area (Å²) in [7, 11) is 1.99. The zero-order valence-electron chi connectivity index (χ0n) is 10.5. The first kappa shape index (κ1) is 11.0. The molecule has 0 fully saturated rings. The number of aryl methyl sites for hydroxylation is 4. The number of aromatic nitrogens is 3. The van der Waals surface area contributed by atoms with E-state index in [4.69, 9.17) is 0 Å². The van der Waals surface area contributed by atoms with Gasteiger partial charge in [0.1, 0.15) is 0 Å². The van der Waals surface area contributed by atoms with Crippen LogP contribution in [-0.2, 0) is 20.0 Å². The number of hydrogen-bond acceptors (Lipinski definition) is 1. The summed E-state index contributed by atoms with van der Waals surface area (Å²) < 4.78 is 4.27. The Hall–Kier alpha value is -1.51. The molecule has 0 aliphatic heterocycles. The lowest BCUT2D eigenvalue weighted by molar-refractivity contribution is 0.628. The highest BCUT2D eigenvalue weighted by molar-refractivity contribution is 5.28. The van der Waals surface area contributed by atoms with E-state index < -0.39 is 0 Å². The second kappa shape index (κ2) is 4.16. The summed E-state index contributed by atoms with van der Waals surface area (Å²) in [6.07, 6.45) is 5.13. The molecule has 0 amide bonds. The summed E-state index contributed by atoms with van der Waals surface area (Å²) in [6, 6.07) is 2.08. The third kappa shape index (κ3) is 1.90. The van der Waals surface area contributed by atoms with Gasteiger partial charge in [0.25, 0.3) is 0 Å².